The van der Waals surface area contributed by atoms with E-state index in [9.17, 15) is 4.79 Å². The first-order valence-electron chi connectivity index (χ1n) is 7.61. The summed E-state index contributed by atoms with van der Waals surface area (Å²) in [5.74, 6) is -4.19. The first-order valence-corrected chi connectivity index (χ1v) is 12.2. The molecule has 2 saturated carbocycles. The second kappa shape index (κ2) is 6.19. The maximum Gasteiger partial charge on any atom is 0.167 e. The molecule has 0 N–H and O–H groups in total. The minimum absolute atomic E-state index is 0.166. The number of allylic oxidation sites excluding steroid dienone is 4. The monoisotopic (exact) mass is 622 g/mol. The summed E-state index contributed by atoms with van der Waals surface area (Å²) in [5, 5.41) is -0.720. The first kappa shape index (κ1) is 23.8. The molecule has 7 atom stereocenters. The van der Waals surface area contributed by atoms with Gasteiger partial charge < -0.3 is 0 Å². The summed E-state index contributed by atoms with van der Waals surface area (Å²) < 4.78 is -4.18. The van der Waals surface area contributed by atoms with Crippen molar-refractivity contribution in [1.29, 1.82) is 0 Å². The van der Waals surface area contributed by atoms with Crippen molar-refractivity contribution in [1.82, 2.24) is 0 Å². The molecule has 0 amide bonds. The molecule has 28 heavy (non-hydrogen) atoms. The van der Waals surface area contributed by atoms with Crippen LogP contribution >= 0.6 is 139 Å². The second-order valence-corrected chi connectivity index (χ2v) is 13.9. The molecule has 13 heteroatoms. The lowest BCUT2D eigenvalue weighted by Gasteiger charge is -2.47. The molecule has 156 valence electrons. The van der Waals surface area contributed by atoms with Crippen LogP contribution in [0.1, 0.15) is 6.92 Å². The molecule has 0 saturated heterocycles. The maximum atomic E-state index is 13.6. The summed E-state index contributed by atoms with van der Waals surface area (Å²) in [7, 11) is 0. The molecule has 0 aromatic heterocycles. The quantitative estimate of drug-likeness (QED) is 0.248. The fraction of sp³-hybridized carbons (Fsp3) is 0.667. The van der Waals surface area contributed by atoms with E-state index in [4.69, 9.17) is 139 Å². The van der Waals surface area contributed by atoms with Crippen LogP contribution in [0.15, 0.2) is 20.1 Å². The maximum absolute atomic E-state index is 13.6. The highest BCUT2D eigenvalue weighted by Crippen LogP contribution is 2.84. The van der Waals surface area contributed by atoms with Crippen LogP contribution in [0.5, 0.6) is 0 Å². The van der Waals surface area contributed by atoms with Gasteiger partial charge in [0.15, 0.2) is 8.67 Å². The number of rotatable bonds is 0. The van der Waals surface area contributed by atoms with Crippen molar-refractivity contribution in [2.75, 3.05) is 0 Å². The van der Waals surface area contributed by atoms with E-state index in [0.29, 0.717) is 0 Å². The van der Waals surface area contributed by atoms with Gasteiger partial charge in [0.25, 0.3) is 0 Å². The van der Waals surface area contributed by atoms with Crippen LogP contribution in [0.4, 0.5) is 0 Å². The van der Waals surface area contributed by atoms with E-state index in [1.165, 1.54) is 6.92 Å². The number of Topliss-reactive ketones (excluding diaryl/α,β-unsaturated/α-hetero) is 1. The number of carbonyl (C=O) groups is 1. The van der Waals surface area contributed by atoms with E-state index < -0.39 is 51.7 Å². The number of ketones is 1. The Morgan fingerprint density at radius 1 is 0.607 bits per heavy atom. The molecule has 0 aromatic rings. The SMILES string of the molecule is C[C@H]1C(=O)[C@@H]2[C@H]([C@]3(Cl)C(Cl)=C(Cl)[C@]2(Cl)C3(Cl)Cl)[C@]2(Cl)C(Cl)=C(Cl)[C@]1(Cl)C2(Cl)Cl. The standard InChI is InChI=1S/C15H6Cl12O/c1-2-4(28)3-5(12(22)8(18)6(16)10(2,20)14(12,24)25)13(23)9(19)7(17)11(3,21)15(13,26)27/h2-3,5H,1H3/t2-,3+,5-,10-,11-,12-,13-/m0/s1. The summed E-state index contributed by atoms with van der Waals surface area (Å²) in [4.78, 5) is 5.86. The van der Waals surface area contributed by atoms with Gasteiger partial charge in [-0.05, 0) is 0 Å². The van der Waals surface area contributed by atoms with Crippen LogP contribution in [0, 0.1) is 17.8 Å². The summed E-state index contributed by atoms with van der Waals surface area (Å²) in [6.07, 6.45) is 0. The van der Waals surface area contributed by atoms with Crippen LogP contribution < -0.4 is 0 Å². The highest BCUT2D eigenvalue weighted by molar-refractivity contribution is 6.69. The van der Waals surface area contributed by atoms with Crippen molar-refractivity contribution in [3.63, 3.8) is 0 Å². The van der Waals surface area contributed by atoms with Crippen molar-refractivity contribution < 1.29 is 4.79 Å². The van der Waals surface area contributed by atoms with Gasteiger partial charge in [-0.15, -0.1) is 46.4 Å². The summed E-state index contributed by atoms with van der Waals surface area (Å²) in [6.45, 7) is 1.48. The number of carbonyl (C=O) groups excluding carboxylic acids is 1. The minimum atomic E-state index is -2.11. The molecule has 0 heterocycles. The second-order valence-electron chi connectivity index (χ2n) is 7.33. The van der Waals surface area contributed by atoms with E-state index in [-0.39, 0.29) is 20.1 Å². The zero-order chi connectivity index (χ0) is 21.6. The molecule has 0 radical (unpaired) electrons. The topological polar surface area (TPSA) is 17.1 Å². The van der Waals surface area contributed by atoms with Crippen molar-refractivity contribution in [3.05, 3.63) is 20.1 Å². The van der Waals surface area contributed by atoms with E-state index in [2.05, 4.69) is 0 Å². The lowest BCUT2D eigenvalue weighted by molar-refractivity contribution is -0.128. The Morgan fingerprint density at radius 2 is 0.929 bits per heavy atom. The summed E-state index contributed by atoms with van der Waals surface area (Å²) in [5.41, 5.74) is 0. The summed E-state index contributed by atoms with van der Waals surface area (Å²) in [6, 6.07) is 0. The number of halogens is 12. The van der Waals surface area contributed by atoms with Gasteiger partial charge in [-0.2, -0.15) is 0 Å². The Hall–Kier alpha value is 2.63. The third-order valence-electron chi connectivity index (χ3n) is 6.44. The Balaban J connectivity index is 2.20. The lowest BCUT2D eigenvalue weighted by atomic mass is 9.71. The molecule has 1 nitrogen and oxygen atoms in total. The smallest absolute Gasteiger partial charge is 0.167 e. The highest BCUT2D eigenvalue weighted by Gasteiger charge is 2.92. The zero-order valence-electron chi connectivity index (χ0n) is 13.2. The minimum Gasteiger partial charge on any atom is -0.299 e. The van der Waals surface area contributed by atoms with Gasteiger partial charge in [-0.3, -0.25) is 4.79 Å². The van der Waals surface area contributed by atoms with E-state index in [0.717, 1.165) is 0 Å². The Bertz CT molecular complexity index is 909. The fourth-order valence-electron chi connectivity index (χ4n) is 4.97. The van der Waals surface area contributed by atoms with Gasteiger partial charge >= 0.3 is 0 Å². The molecule has 0 aliphatic heterocycles. The third kappa shape index (κ3) is 1.92. The van der Waals surface area contributed by atoms with E-state index >= 15 is 0 Å². The van der Waals surface area contributed by atoms with Crippen LogP contribution in [-0.4, -0.2) is 33.9 Å². The van der Waals surface area contributed by atoms with Crippen LogP contribution in [0.3, 0.4) is 0 Å². The van der Waals surface area contributed by atoms with Crippen molar-refractivity contribution in [2.24, 2.45) is 17.8 Å². The molecule has 4 rings (SSSR count). The fourth-order valence-corrected chi connectivity index (χ4v) is 11.1. The van der Waals surface area contributed by atoms with Crippen molar-refractivity contribution in [3.8, 4) is 0 Å². The predicted molar refractivity (Wildman–Crippen MR) is 122 cm³/mol. The number of alkyl halides is 8. The highest BCUT2D eigenvalue weighted by atomic mass is 35.5. The lowest BCUT2D eigenvalue weighted by Crippen LogP contribution is -2.59. The van der Waals surface area contributed by atoms with Gasteiger partial charge in [0, 0.05) is 11.8 Å². The molecule has 0 unspecified atom stereocenters. The van der Waals surface area contributed by atoms with Crippen molar-refractivity contribution in [2.45, 2.75) is 35.1 Å². The Morgan fingerprint density at radius 3 is 1.36 bits per heavy atom. The molecule has 4 aliphatic carbocycles. The predicted octanol–water partition coefficient (Wildman–Crippen LogP) is 8.12. The Labute approximate surface area is 220 Å². The van der Waals surface area contributed by atoms with E-state index in [1.807, 2.05) is 0 Å². The largest absolute Gasteiger partial charge is 0.299 e. The number of fused-ring (bicyclic) bond motifs is 8. The molecule has 4 bridgehead atoms. The summed E-state index contributed by atoms with van der Waals surface area (Å²) >= 11 is 79.9. The van der Waals surface area contributed by atoms with Gasteiger partial charge in [0.2, 0.25) is 0 Å². The normalized spacial score (nSPS) is 53.8. The Kier molecular flexibility index (Phi) is 5.26. The van der Waals surface area contributed by atoms with Crippen LogP contribution in [-0.2, 0) is 4.79 Å². The van der Waals surface area contributed by atoms with Crippen molar-refractivity contribution >= 4 is 145 Å². The van der Waals surface area contributed by atoms with Crippen LogP contribution in [0.2, 0.25) is 0 Å². The van der Waals surface area contributed by atoms with Crippen LogP contribution in [0.25, 0.3) is 0 Å². The van der Waals surface area contributed by atoms with Gasteiger partial charge in [-0.25, -0.2) is 0 Å². The average Bonchev–Trinajstić information content (AvgIpc) is 2.86. The van der Waals surface area contributed by atoms with E-state index in [1.54, 1.807) is 0 Å². The van der Waals surface area contributed by atoms with Gasteiger partial charge in [0.1, 0.15) is 25.3 Å². The molecule has 4 aliphatic rings. The number of hydrogen-bond donors (Lipinski definition) is 0. The third-order valence-corrected chi connectivity index (χ3v) is 15.0. The zero-order valence-corrected chi connectivity index (χ0v) is 22.2. The van der Waals surface area contributed by atoms with Gasteiger partial charge in [0.05, 0.1) is 26.0 Å². The molecular weight excluding hydrogens is 622 g/mol. The number of hydrogen-bond acceptors (Lipinski definition) is 1. The molecular formula is C15H6Cl12O. The first-order chi connectivity index (χ1) is 12.4. The molecule has 2 fully saturated rings. The molecule has 0 aromatic carbocycles. The average molecular weight is 628 g/mol. The van der Waals surface area contributed by atoms with Gasteiger partial charge in [-0.1, -0.05) is 99.7 Å². The molecule has 0 spiro atoms.